The monoisotopic (exact) mass is 277 g/mol. The van der Waals surface area contributed by atoms with Gasteiger partial charge in [0, 0.05) is 19.0 Å². The lowest BCUT2D eigenvalue weighted by Gasteiger charge is -2.21. The lowest BCUT2D eigenvalue weighted by molar-refractivity contribution is -0.132. The summed E-state index contributed by atoms with van der Waals surface area (Å²) >= 11 is 0. The molecule has 1 amide bonds. The molecule has 0 radical (unpaired) electrons. The van der Waals surface area contributed by atoms with Gasteiger partial charge in [-0.15, -0.1) is 0 Å². The average Bonchev–Trinajstić information content (AvgIpc) is 3.22. The van der Waals surface area contributed by atoms with Gasteiger partial charge in [-0.25, -0.2) is 0 Å². The van der Waals surface area contributed by atoms with Gasteiger partial charge in [-0.05, 0) is 52.9 Å². The molecule has 20 heavy (non-hydrogen) atoms. The van der Waals surface area contributed by atoms with E-state index in [0.717, 1.165) is 51.6 Å². The summed E-state index contributed by atoms with van der Waals surface area (Å²) < 4.78 is 0. The molecule has 0 heterocycles. The Morgan fingerprint density at radius 1 is 1.20 bits per heavy atom. The zero-order valence-electron chi connectivity index (χ0n) is 13.7. The molecule has 0 aliphatic heterocycles. The number of carbonyl (C=O) groups excluding carboxylic acids is 1. The summed E-state index contributed by atoms with van der Waals surface area (Å²) in [4.78, 5) is 14.3. The van der Waals surface area contributed by atoms with Crippen molar-refractivity contribution in [2.45, 2.75) is 66.2 Å². The lowest BCUT2D eigenvalue weighted by atomic mass is 10.1. The molecule has 1 rings (SSSR count). The van der Waals surface area contributed by atoms with Gasteiger partial charge in [-0.3, -0.25) is 4.79 Å². The van der Waals surface area contributed by atoms with Crippen molar-refractivity contribution < 1.29 is 4.79 Å². The minimum Gasteiger partial charge on any atom is -0.339 e. The van der Waals surface area contributed by atoms with Crippen LogP contribution in [0, 0.1) is 5.92 Å². The number of amides is 1. The predicted octanol–water partition coefficient (Wildman–Crippen LogP) is 4.72. The van der Waals surface area contributed by atoms with Crippen LogP contribution in [-0.2, 0) is 4.79 Å². The smallest absolute Gasteiger partial charge is 0.225 e. The molecule has 0 N–H and O–H groups in total. The van der Waals surface area contributed by atoms with Gasteiger partial charge in [0.15, 0.2) is 0 Å². The molecule has 0 spiro atoms. The van der Waals surface area contributed by atoms with Crippen molar-refractivity contribution in [1.82, 2.24) is 4.90 Å². The number of carbonyl (C=O) groups is 1. The first-order valence-electron chi connectivity index (χ1n) is 8.12. The summed E-state index contributed by atoms with van der Waals surface area (Å²) in [7, 11) is 0. The molecular weight excluding hydrogens is 246 g/mol. The van der Waals surface area contributed by atoms with Crippen LogP contribution in [0.2, 0.25) is 0 Å². The highest BCUT2D eigenvalue weighted by Crippen LogP contribution is 2.31. The van der Waals surface area contributed by atoms with Gasteiger partial charge in [0.2, 0.25) is 5.91 Å². The van der Waals surface area contributed by atoms with Gasteiger partial charge in [-0.2, -0.15) is 0 Å². The minimum absolute atomic E-state index is 0.339. The summed E-state index contributed by atoms with van der Waals surface area (Å²) in [6, 6.07) is 0. The van der Waals surface area contributed by atoms with Crippen LogP contribution in [0.15, 0.2) is 23.3 Å². The molecule has 114 valence electrons. The Labute approximate surface area is 124 Å². The van der Waals surface area contributed by atoms with E-state index in [-0.39, 0.29) is 0 Å². The number of hydrogen-bond acceptors (Lipinski definition) is 1. The van der Waals surface area contributed by atoms with Crippen LogP contribution in [0.1, 0.15) is 66.2 Å². The molecule has 0 bridgehead atoms. The molecule has 1 fully saturated rings. The van der Waals surface area contributed by atoms with Crippen molar-refractivity contribution in [3.63, 3.8) is 0 Å². The maximum Gasteiger partial charge on any atom is 0.225 e. The first-order valence-corrected chi connectivity index (χ1v) is 8.12. The molecule has 0 aromatic rings. The Morgan fingerprint density at radius 3 is 2.45 bits per heavy atom. The topological polar surface area (TPSA) is 20.3 Å². The summed E-state index contributed by atoms with van der Waals surface area (Å²) in [5, 5.41) is 0. The second-order valence-electron chi connectivity index (χ2n) is 6.28. The van der Waals surface area contributed by atoms with Crippen LogP contribution < -0.4 is 0 Å². The average molecular weight is 277 g/mol. The largest absolute Gasteiger partial charge is 0.339 e. The Balaban J connectivity index is 2.42. The third-order valence-corrected chi connectivity index (χ3v) is 3.77. The maximum atomic E-state index is 12.2. The first kappa shape index (κ1) is 17.0. The van der Waals surface area contributed by atoms with Gasteiger partial charge in [0.05, 0.1) is 0 Å². The van der Waals surface area contributed by atoms with Crippen LogP contribution in [0.3, 0.4) is 0 Å². The lowest BCUT2D eigenvalue weighted by Crippen LogP contribution is -2.33. The van der Waals surface area contributed by atoms with E-state index in [9.17, 15) is 4.79 Å². The van der Waals surface area contributed by atoms with E-state index in [2.05, 4.69) is 44.7 Å². The molecule has 0 aromatic heterocycles. The zero-order chi connectivity index (χ0) is 15.0. The fourth-order valence-corrected chi connectivity index (χ4v) is 2.19. The molecule has 0 atom stereocenters. The summed E-state index contributed by atoms with van der Waals surface area (Å²) in [6.45, 7) is 10.4. The Morgan fingerprint density at radius 2 is 1.90 bits per heavy atom. The second-order valence-corrected chi connectivity index (χ2v) is 6.28. The standard InChI is InChI=1S/C18H31NO/c1-5-6-13-19(18(20)17-10-11-17)14-12-16(4)9-7-8-15(2)3/h8,12,17H,5-7,9-11,13-14H2,1-4H3. The van der Waals surface area contributed by atoms with Gasteiger partial charge in [-0.1, -0.05) is 36.6 Å². The highest BCUT2D eigenvalue weighted by molar-refractivity contribution is 5.81. The molecule has 0 unspecified atom stereocenters. The van der Waals surface area contributed by atoms with E-state index in [1.54, 1.807) is 0 Å². The van der Waals surface area contributed by atoms with Crippen LogP contribution in [-0.4, -0.2) is 23.9 Å². The van der Waals surface area contributed by atoms with Crippen molar-refractivity contribution in [3.8, 4) is 0 Å². The maximum absolute atomic E-state index is 12.2. The number of rotatable bonds is 9. The van der Waals surface area contributed by atoms with Gasteiger partial charge in [0.25, 0.3) is 0 Å². The van der Waals surface area contributed by atoms with E-state index >= 15 is 0 Å². The SMILES string of the molecule is CCCCN(CC=C(C)CCC=C(C)C)C(=O)C1CC1. The molecule has 1 aliphatic rings. The van der Waals surface area contributed by atoms with Gasteiger partial charge < -0.3 is 4.90 Å². The molecule has 0 saturated heterocycles. The number of nitrogens with zero attached hydrogens (tertiary/aromatic N) is 1. The molecule has 1 aliphatic carbocycles. The molecular formula is C18H31NO. The van der Waals surface area contributed by atoms with E-state index in [1.165, 1.54) is 11.1 Å². The highest BCUT2D eigenvalue weighted by atomic mass is 16.2. The van der Waals surface area contributed by atoms with Crippen molar-refractivity contribution in [2.75, 3.05) is 13.1 Å². The van der Waals surface area contributed by atoms with Crippen molar-refractivity contribution in [1.29, 1.82) is 0 Å². The predicted molar refractivity (Wildman–Crippen MR) is 86.6 cm³/mol. The van der Waals surface area contributed by atoms with Crippen LogP contribution in [0.25, 0.3) is 0 Å². The van der Waals surface area contributed by atoms with E-state index in [1.807, 2.05) is 0 Å². The zero-order valence-corrected chi connectivity index (χ0v) is 13.7. The molecule has 1 saturated carbocycles. The highest BCUT2D eigenvalue weighted by Gasteiger charge is 2.32. The Kier molecular flexibility index (Phi) is 7.64. The fraction of sp³-hybridized carbons (Fsp3) is 0.722. The van der Waals surface area contributed by atoms with Crippen LogP contribution in [0.5, 0.6) is 0 Å². The number of unbranched alkanes of at least 4 members (excludes halogenated alkanes) is 1. The van der Waals surface area contributed by atoms with E-state index < -0.39 is 0 Å². The molecule has 2 heteroatoms. The van der Waals surface area contributed by atoms with Crippen LogP contribution >= 0.6 is 0 Å². The fourth-order valence-electron chi connectivity index (χ4n) is 2.19. The summed E-state index contributed by atoms with van der Waals surface area (Å²) in [6.07, 6.45) is 11.2. The van der Waals surface area contributed by atoms with Crippen molar-refractivity contribution in [2.24, 2.45) is 5.92 Å². The van der Waals surface area contributed by atoms with Gasteiger partial charge in [0.1, 0.15) is 0 Å². The Bertz CT molecular complexity index is 360. The van der Waals surface area contributed by atoms with Crippen LogP contribution in [0.4, 0.5) is 0 Å². The first-order chi connectivity index (χ1) is 9.54. The van der Waals surface area contributed by atoms with Crippen molar-refractivity contribution in [3.05, 3.63) is 23.3 Å². The molecule has 0 aromatic carbocycles. The van der Waals surface area contributed by atoms with E-state index in [0.29, 0.717) is 11.8 Å². The number of hydrogen-bond donors (Lipinski definition) is 0. The summed E-state index contributed by atoms with van der Waals surface area (Å²) in [5.41, 5.74) is 2.78. The third-order valence-electron chi connectivity index (χ3n) is 3.77. The van der Waals surface area contributed by atoms with Crippen molar-refractivity contribution >= 4 is 5.91 Å². The second kappa shape index (κ2) is 8.99. The quantitative estimate of drug-likeness (QED) is 0.558. The number of allylic oxidation sites excluding steroid dienone is 3. The third kappa shape index (κ3) is 6.93. The summed E-state index contributed by atoms with van der Waals surface area (Å²) in [5.74, 6) is 0.720. The Hall–Kier alpha value is -1.05. The van der Waals surface area contributed by atoms with E-state index in [4.69, 9.17) is 0 Å². The minimum atomic E-state index is 0.339. The normalized spacial score (nSPS) is 15.1. The van der Waals surface area contributed by atoms with Gasteiger partial charge >= 0.3 is 0 Å². The molecule has 2 nitrogen and oxygen atoms in total.